The number of hydrogen-bond acceptors (Lipinski definition) is 4. The summed E-state index contributed by atoms with van der Waals surface area (Å²) in [6, 6.07) is 2.65. The van der Waals surface area contributed by atoms with Gasteiger partial charge in [0.25, 0.3) is 0 Å². The predicted octanol–water partition coefficient (Wildman–Crippen LogP) is 0.674. The fourth-order valence-electron chi connectivity index (χ4n) is 1.35. The molecule has 0 aromatic heterocycles. The summed E-state index contributed by atoms with van der Waals surface area (Å²) in [7, 11) is 0. The number of anilines is 1. The highest BCUT2D eigenvalue weighted by molar-refractivity contribution is 5.51. The number of hydrogen-bond donors (Lipinski definition) is 4. The number of aliphatic hydroxyl groups excluding tert-OH is 3. The molecule has 0 heterocycles. The van der Waals surface area contributed by atoms with Crippen molar-refractivity contribution >= 4 is 5.69 Å². The molecule has 2 unspecified atom stereocenters. The number of nitrogens with two attached hydrogens (primary N) is 1. The lowest BCUT2D eigenvalue weighted by Gasteiger charge is -2.18. The van der Waals surface area contributed by atoms with Gasteiger partial charge in [0.05, 0.1) is 12.2 Å². The second-order valence-corrected chi connectivity index (χ2v) is 3.54. The molecule has 2 atom stereocenters. The minimum atomic E-state index is -4.57. The van der Waals surface area contributed by atoms with Crippen molar-refractivity contribution in [3.05, 3.63) is 29.3 Å². The summed E-state index contributed by atoms with van der Waals surface area (Å²) in [6.07, 6.45) is -7.51. The second-order valence-electron chi connectivity index (χ2n) is 3.54. The van der Waals surface area contributed by atoms with Crippen molar-refractivity contribution in [1.82, 2.24) is 0 Å². The predicted molar refractivity (Wildman–Crippen MR) is 53.9 cm³/mol. The molecule has 0 spiro atoms. The van der Waals surface area contributed by atoms with Crippen molar-refractivity contribution in [2.45, 2.75) is 18.4 Å². The maximum Gasteiger partial charge on any atom is 0.418 e. The number of rotatable bonds is 3. The molecule has 0 bridgehead atoms. The fourth-order valence-corrected chi connectivity index (χ4v) is 1.35. The van der Waals surface area contributed by atoms with E-state index in [0.29, 0.717) is 0 Å². The molecule has 0 saturated heterocycles. The van der Waals surface area contributed by atoms with Crippen LogP contribution in [0.4, 0.5) is 18.9 Å². The molecule has 0 fully saturated rings. The lowest BCUT2D eigenvalue weighted by molar-refractivity contribution is -0.136. The van der Waals surface area contributed by atoms with E-state index in [2.05, 4.69) is 0 Å². The number of aliphatic hydroxyl groups is 3. The van der Waals surface area contributed by atoms with Gasteiger partial charge in [0, 0.05) is 5.69 Å². The van der Waals surface area contributed by atoms with E-state index in [-0.39, 0.29) is 5.56 Å². The largest absolute Gasteiger partial charge is 0.418 e. The van der Waals surface area contributed by atoms with Gasteiger partial charge in [-0.3, -0.25) is 0 Å². The Morgan fingerprint density at radius 2 is 1.82 bits per heavy atom. The van der Waals surface area contributed by atoms with Gasteiger partial charge in [-0.25, -0.2) is 0 Å². The molecule has 96 valence electrons. The standard InChI is InChI=1S/C10H12F3NO3/c11-10(12,13)6-2-1-5(3-7(6)14)9(17)8(16)4-15/h1-3,8-9,15-17H,4,14H2. The van der Waals surface area contributed by atoms with Crippen molar-refractivity contribution in [2.75, 3.05) is 12.3 Å². The van der Waals surface area contributed by atoms with E-state index < -0.39 is 36.2 Å². The Kier molecular flexibility index (Phi) is 3.97. The zero-order valence-electron chi connectivity index (χ0n) is 8.65. The van der Waals surface area contributed by atoms with Gasteiger partial charge in [-0.2, -0.15) is 13.2 Å². The Morgan fingerprint density at radius 1 is 1.24 bits per heavy atom. The number of benzene rings is 1. The molecule has 5 N–H and O–H groups in total. The number of nitrogen functional groups attached to an aromatic ring is 1. The molecule has 0 radical (unpaired) electrons. The van der Waals surface area contributed by atoms with Crippen molar-refractivity contribution in [1.29, 1.82) is 0 Å². The second kappa shape index (κ2) is 4.91. The third kappa shape index (κ3) is 3.09. The van der Waals surface area contributed by atoms with Crippen molar-refractivity contribution in [3.63, 3.8) is 0 Å². The molecular weight excluding hydrogens is 239 g/mol. The zero-order valence-corrected chi connectivity index (χ0v) is 8.65. The summed E-state index contributed by atoms with van der Waals surface area (Å²) >= 11 is 0. The van der Waals surface area contributed by atoms with Gasteiger partial charge in [0.2, 0.25) is 0 Å². The molecule has 0 saturated carbocycles. The van der Waals surface area contributed by atoms with Gasteiger partial charge in [-0.1, -0.05) is 6.07 Å². The number of alkyl halides is 3. The number of halogens is 3. The summed E-state index contributed by atoms with van der Waals surface area (Å²) in [5.41, 5.74) is 3.67. The van der Waals surface area contributed by atoms with Crippen LogP contribution in [0.5, 0.6) is 0 Å². The molecular formula is C10H12F3NO3. The summed E-state index contributed by atoms with van der Waals surface area (Å²) in [5.74, 6) is 0. The Balaban J connectivity index is 3.05. The highest BCUT2D eigenvalue weighted by Gasteiger charge is 2.33. The maximum atomic E-state index is 12.4. The van der Waals surface area contributed by atoms with Crippen LogP contribution in [0.15, 0.2) is 18.2 Å². The highest BCUT2D eigenvalue weighted by atomic mass is 19.4. The third-order valence-electron chi connectivity index (χ3n) is 2.27. The average Bonchev–Trinajstić information content (AvgIpc) is 2.25. The molecule has 7 heteroatoms. The van der Waals surface area contributed by atoms with Crippen LogP contribution in [-0.4, -0.2) is 28.0 Å². The Morgan fingerprint density at radius 3 is 2.24 bits per heavy atom. The summed E-state index contributed by atoms with van der Waals surface area (Å²) in [5, 5.41) is 27.2. The fraction of sp³-hybridized carbons (Fsp3) is 0.400. The van der Waals surface area contributed by atoms with Crippen LogP contribution in [-0.2, 0) is 6.18 Å². The molecule has 1 aromatic carbocycles. The maximum absolute atomic E-state index is 12.4. The Hall–Kier alpha value is -1.31. The molecule has 4 nitrogen and oxygen atoms in total. The molecule has 0 aliphatic carbocycles. The van der Waals surface area contributed by atoms with Crippen LogP contribution in [0.2, 0.25) is 0 Å². The van der Waals surface area contributed by atoms with E-state index in [1.807, 2.05) is 0 Å². The normalized spacial score (nSPS) is 15.6. The molecule has 0 aliphatic rings. The first-order valence-corrected chi connectivity index (χ1v) is 4.71. The van der Waals surface area contributed by atoms with Crippen LogP contribution >= 0.6 is 0 Å². The highest BCUT2D eigenvalue weighted by Crippen LogP contribution is 2.34. The topological polar surface area (TPSA) is 86.7 Å². The summed E-state index contributed by atoms with van der Waals surface area (Å²) in [4.78, 5) is 0. The summed E-state index contributed by atoms with van der Waals surface area (Å²) in [6.45, 7) is -0.706. The minimum Gasteiger partial charge on any atom is -0.398 e. The molecule has 0 amide bonds. The smallest absolute Gasteiger partial charge is 0.398 e. The first kappa shape index (κ1) is 13.8. The SMILES string of the molecule is Nc1cc(C(O)C(O)CO)ccc1C(F)(F)F. The lowest BCUT2D eigenvalue weighted by Crippen LogP contribution is -2.22. The molecule has 1 rings (SSSR count). The Labute approximate surface area is 95.1 Å². The van der Waals surface area contributed by atoms with E-state index in [9.17, 15) is 18.3 Å². The van der Waals surface area contributed by atoms with E-state index in [4.69, 9.17) is 15.9 Å². The van der Waals surface area contributed by atoms with Gasteiger partial charge < -0.3 is 21.1 Å². The first-order valence-electron chi connectivity index (χ1n) is 4.71. The van der Waals surface area contributed by atoms with Gasteiger partial charge in [-0.05, 0) is 17.7 Å². The van der Waals surface area contributed by atoms with Gasteiger partial charge >= 0.3 is 6.18 Å². The monoisotopic (exact) mass is 251 g/mol. The summed E-state index contributed by atoms with van der Waals surface area (Å²) < 4.78 is 37.1. The van der Waals surface area contributed by atoms with Crippen molar-refractivity contribution in [2.24, 2.45) is 0 Å². The van der Waals surface area contributed by atoms with E-state index in [1.54, 1.807) is 0 Å². The van der Waals surface area contributed by atoms with E-state index in [1.165, 1.54) is 0 Å². The Bertz CT molecular complexity index is 395. The van der Waals surface area contributed by atoms with Gasteiger partial charge in [0.1, 0.15) is 12.2 Å². The quantitative estimate of drug-likeness (QED) is 0.595. The molecule has 0 aliphatic heterocycles. The van der Waals surface area contributed by atoms with Crippen LogP contribution in [0, 0.1) is 0 Å². The van der Waals surface area contributed by atoms with Crippen LogP contribution in [0.1, 0.15) is 17.2 Å². The zero-order chi connectivity index (χ0) is 13.2. The molecule has 1 aromatic rings. The van der Waals surface area contributed by atoms with E-state index in [0.717, 1.165) is 18.2 Å². The minimum absolute atomic E-state index is 0.0112. The lowest BCUT2D eigenvalue weighted by atomic mass is 10.0. The third-order valence-corrected chi connectivity index (χ3v) is 2.27. The van der Waals surface area contributed by atoms with E-state index >= 15 is 0 Å². The van der Waals surface area contributed by atoms with Crippen LogP contribution < -0.4 is 5.73 Å². The van der Waals surface area contributed by atoms with Gasteiger partial charge in [0.15, 0.2) is 0 Å². The first-order chi connectivity index (χ1) is 7.77. The van der Waals surface area contributed by atoms with Crippen molar-refractivity contribution in [3.8, 4) is 0 Å². The van der Waals surface area contributed by atoms with Gasteiger partial charge in [-0.15, -0.1) is 0 Å². The van der Waals surface area contributed by atoms with Crippen LogP contribution in [0.25, 0.3) is 0 Å². The van der Waals surface area contributed by atoms with Crippen LogP contribution in [0.3, 0.4) is 0 Å². The van der Waals surface area contributed by atoms with Crippen molar-refractivity contribution < 1.29 is 28.5 Å². The average molecular weight is 251 g/mol. The molecule has 17 heavy (non-hydrogen) atoms.